The van der Waals surface area contributed by atoms with Crippen LogP contribution >= 0.6 is 11.6 Å². The topological polar surface area (TPSA) is 93.2 Å². The Balaban J connectivity index is 1.19. The first-order chi connectivity index (χ1) is 20.0. The van der Waals surface area contributed by atoms with Gasteiger partial charge < -0.3 is 34.5 Å². The predicted molar refractivity (Wildman–Crippen MR) is 162 cm³/mol. The van der Waals surface area contributed by atoms with E-state index in [0.717, 1.165) is 67.5 Å². The SMILES string of the molecule is COc1cc(Nc2ncc(OCc3c(C)c(OC)cc(OC)c3Cl)cn2)ccc1N1CCC(N2CCNCC2)CC1. The van der Waals surface area contributed by atoms with Crippen LogP contribution < -0.4 is 34.5 Å². The highest BCUT2D eigenvalue weighted by molar-refractivity contribution is 6.33. The monoisotopic (exact) mass is 582 g/mol. The summed E-state index contributed by atoms with van der Waals surface area (Å²) in [4.78, 5) is 13.9. The Morgan fingerprint density at radius 3 is 2.27 bits per heavy atom. The van der Waals surface area contributed by atoms with Crippen LogP contribution in [0.4, 0.5) is 17.3 Å². The van der Waals surface area contributed by atoms with E-state index in [1.807, 2.05) is 19.1 Å². The van der Waals surface area contributed by atoms with Gasteiger partial charge in [-0.25, -0.2) is 9.97 Å². The van der Waals surface area contributed by atoms with Crippen molar-refractivity contribution >= 4 is 28.9 Å². The van der Waals surface area contributed by atoms with Crippen LogP contribution in [0.15, 0.2) is 36.7 Å². The molecule has 5 rings (SSSR count). The highest BCUT2D eigenvalue weighted by Crippen LogP contribution is 2.38. The molecule has 0 amide bonds. The lowest BCUT2D eigenvalue weighted by Crippen LogP contribution is -2.52. The second-order valence-electron chi connectivity index (χ2n) is 10.2. The van der Waals surface area contributed by atoms with E-state index >= 15 is 0 Å². The van der Waals surface area contributed by atoms with Crippen molar-refractivity contribution in [3.63, 3.8) is 0 Å². The van der Waals surface area contributed by atoms with E-state index in [1.165, 1.54) is 12.8 Å². The van der Waals surface area contributed by atoms with Crippen molar-refractivity contribution in [1.29, 1.82) is 0 Å². The Morgan fingerprint density at radius 1 is 0.927 bits per heavy atom. The van der Waals surface area contributed by atoms with Gasteiger partial charge in [0.05, 0.1) is 44.4 Å². The van der Waals surface area contributed by atoms with Crippen molar-refractivity contribution in [1.82, 2.24) is 20.2 Å². The lowest BCUT2D eigenvalue weighted by atomic mass is 10.0. The molecule has 2 aliphatic heterocycles. The zero-order chi connectivity index (χ0) is 28.8. The maximum absolute atomic E-state index is 6.53. The summed E-state index contributed by atoms with van der Waals surface area (Å²) < 4.78 is 22.5. The molecule has 1 aromatic heterocycles. The van der Waals surface area contributed by atoms with Crippen molar-refractivity contribution < 1.29 is 18.9 Å². The second kappa shape index (κ2) is 13.5. The molecule has 3 heterocycles. The molecule has 2 N–H and O–H groups in total. The van der Waals surface area contributed by atoms with Crippen molar-refractivity contribution in [2.24, 2.45) is 0 Å². The van der Waals surface area contributed by atoms with Gasteiger partial charge >= 0.3 is 0 Å². The minimum Gasteiger partial charge on any atom is -0.496 e. The third-order valence-electron chi connectivity index (χ3n) is 7.93. The van der Waals surface area contributed by atoms with Gasteiger partial charge in [-0.15, -0.1) is 0 Å². The summed E-state index contributed by atoms with van der Waals surface area (Å²) in [5.41, 5.74) is 3.63. The molecule has 41 heavy (non-hydrogen) atoms. The molecule has 0 spiro atoms. The van der Waals surface area contributed by atoms with E-state index in [0.29, 0.717) is 34.3 Å². The normalized spacial score (nSPS) is 16.4. The van der Waals surface area contributed by atoms with Crippen LogP contribution in [0.1, 0.15) is 24.0 Å². The average molecular weight is 583 g/mol. The largest absolute Gasteiger partial charge is 0.496 e. The van der Waals surface area contributed by atoms with Crippen LogP contribution in [0.5, 0.6) is 23.0 Å². The maximum atomic E-state index is 6.53. The van der Waals surface area contributed by atoms with Gasteiger partial charge in [0, 0.05) is 68.7 Å². The third kappa shape index (κ3) is 6.72. The van der Waals surface area contributed by atoms with Gasteiger partial charge in [-0.1, -0.05) is 11.6 Å². The number of aromatic nitrogens is 2. The van der Waals surface area contributed by atoms with Gasteiger partial charge in [-0.2, -0.15) is 0 Å². The number of piperidine rings is 1. The highest BCUT2D eigenvalue weighted by Gasteiger charge is 2.27. The number of piperazine rings is 1. The number of hydrogen-bond acceptors (Lipinski definition) is 10. The summed E-state index contributed by atoms with van der Waals surface area (Å²) in [6.45, 7) is 8.68. The quantitative estimate of drug-likeness (QED) is 0.351. The van der Waals surface area contributed by atoms with Crippen molar-refractivity contribution in [2.75, 3.05) is 70.8 Å². The molecular weight excluding hydrogens is 544 g/mol. The fourth-order valence-electron chi connectivity index (χ4n) is 5.56. The summed E-state index contributed by atoms with van der Waals surface area (Å²) in [7, 11) is 4.89. The first-order valence-corrected chi connectivity index (χ1v) is 14.4. The number of ether oxygens (including phenoxy) is 4. The minimum absolute atomic E-state index is 0.222. The van der Waals surface area contributed by atoms with Gasteiger partial charge in [0.25, 0.3) is 0 Å². The number of benzene rings is 2. The Morgan fingerprint density at radius 2 is 1.61 bits per heavy atom. The van der Waals surface area contributed by atoms with Gasteiger partial charge in [0.1, 0.15) is 23.9 Å². The average Bonchev–Trinajstić information content (AvgIpc) is 3.02. The van der Waals surface area contributed by atoms with Gasteiger partial charge in [0.2, 0.25) is 5.95 Å². The fraction of sp³-hybridized carbons (Fsp3) is 0.467. The summed E-state index contributed by atoms with van der Waals surface area (Å²) in [5.74, 6) is 3.02. The van der Waals surface area contributed by atoms with Crippen LogP contribution in [0.25, 0.3) is 0 Å². The maximum Gasteiger partial charge on any atom is 0.227 e. The molecule has 0 atom stereocenters. The molecule has 11 heteroatoms. The first kappa shape index (κ1) is 29.0. The predicted octanol–water partition coefficient (Wildman–Crippen LogP) is 4.66. The van der Waals surface area contributed by atoms with Crippen molar-refractivity contribution in [3.05, 3.63) is 52.8 Å². The van der Waals surface area contributed by atoms with Crippen LogP contribution in [0, 0.1) is 6.92 Å². The molecule has 2 aliphatic rings. The van der Waals surface area contributed by atoms with Crippen molar-refractivity contribution in [3.8, 4) is 23.0 Å². The number of halogens is 1. The Hall–Kier alpha value is -3.47. The third-order valence-corrected chi connectivity index (χ3v) is 8.34. The summed E-state index contributed by atoms with van der Waals surface area (Å²) in [6.07, 6.45) is 5.60. The summed E-state index contributed by atoms with van der Waals surface area (Å²) in [6, 6.07) is 8.58. The van der Waals surface area contributed by atoms with Crippen LogP contribution in [0.2, 0.25) is 5.02 Å². The zero-order valence-electron chi connectivity index (χ0n) is 24.2. The molecule has 3 aromatic rings. The van der Waals surface area contributed by atoms with Crippen LogP contribution in [-0.4, -0.2) is 81.5 Å². The van der Waals surface area contributed by atoms with Gasteiger partial charge in [0.15, 0.2) is 5.75 Å². The molecule has 2 aromatic carbocycles. The van der Waals surface area contributed by atoms with E-state index in [9.17, 15) is 0 Å². The van der Waals surface area contributed by atoms with Gasteiger partial charge in [-0.05, 0) is 37.5 Å². The molecule has 220 valence electrons. The first-order valence-electron chi connectivity index (χ1n) is 14.0. The molecule has 2 saturated heterocycles. The number of nitrogens with one attached hydrogen (secondary N) is 2. The lowest BCUT2D eigenvalue weighted by Gasteiger charge is -2.41. The summed E-state index contributed by atoms with van der Waals surface area (Å²) in [5, 5.41) is 7.21. The van der Waals surface area contributed by atoms with Crippen molar-refractivity contribution in [2.45, 2.75) is 32.4 Å². The summed E-state index contributed by atoms with van der Waals surface area (Å²) >= 11 is 6.53. The Labute approximate surface area is 246 Å². The van der Waals surface area contributed by atoms with E-state index < -0.39 is 0 Å². The van der Waals surface area contributed by atoms with E-state index in [-0.39, 0.29) is 6.61 Å². The second-order valence-corrected chi connectivity index (χ2v) is 10.6. The molecule has 0 saturated carbocycles. The Kier molecular flexibility index (Phi) is 9.53. The molecule has 10 nitrogen and oxygen atoms in total. The van der Waals surface area contributed by atoms with E-state index in [4.69, 9.17) is 30.5 Å². The number of nitrogens with zero attached hydrogens (tertiary/aromatic N) is 4. The molecule has 2 fully saturated rings. The number of hydrogen-bond donors (Lipinski definition) is 2. The molecule has 0 radical (unpaired) electrons. The van der Waals surface area contributed by atoms with Crippen LogP contribution in [0.3, 0.4) is 0 Å². The molecular formula is C30H39ClN6O4. The highest BCUT2D eigenvalue weighted by atomic mass is 35.5. The number of rotatable bonds is 10. The van der Waals surface area contributed by atoms with E-state index in [2.05, 4.69) is 36.5 Å². The van der Waals surface area contributed by atoms with Crippen LogP contribution in [-0.2, 0) is 6.61 Å². The number of methoxy groups -OCH3 is 3. The van der Waals surface area contributed by atoms with Gasteiger partial charge in [-0.3, -0.25) is 4.90 Å². The minimum atomic E-state index is 0.222. The number of anilines is 3. The van der Waals surface area contributed by atoms with E-state index in [1.54, 1.807) is 39.8 Å². The Bertz CT molecular complexity index is 1280. The molecule has 0 unspecified atom stereocenters. The fourth-order valence-corrected chi connectivity index (χ4v) is 5.89. The molecule has 0 bridgehead atoms. The lowest BCUT2D eigenvalue weighted by molar-refractivity contribution is 0.150. The standard InChI is InChI=1S/C30H39ClN6O4/c1-20-24(29(31)28(40-4)16-26(20)38-2)19-41-23-17-33-30(34-18-23)35-21-5-6-25(27(15-21)39-3)37-11-7-22(8-12-37)36-13-9-32-10-14-36/h5-6,15-18,22,32H,7-14,19H2,1-4H3,(H,33,34,35). The smallest absolute Gasteiger partial charge is 0.227 e. The molecule has 0 aliphatic carbocycles. The zero-order valence-corrected chi connectivity index (χ0v) is 25.0.